The van der Waals surface area contributed by atoms with Crippen LogP contribution >= 0.6 is 0 Å². The molecule has 2 aromatic heterocycles. The highest BCUT2D eigenvalue weighted by molar-refractivity contribution is 6.00. The average molecular weight is 421 g/mol. The number of nitriles is 1. The molecule has 0 aliphatic carbocycles. The number of aromatic nitrogens is 3. The Morgan fingerprint density at radius 3 is 2.44 bits per heavy atom. The molecule has 0 spiro atoms. The first-order valence-corrected chi connectivity index (χ1v) is 10.3. The van der Waals surface area contributed by atoms with Gasteiger partial charge in [0.25, 0.3) is 0 Å². The van der Waals surface area contributed by atoms with Crippen LogP contribution in [0.15, 0.2) is 48.7 Å². The van der Waals surface area contributed by atoms with E-state index in [9.17, 15) is 0 Å². The van der Waals surface area contributed by atoms with E-state index < -0.39 is 0 Å². The van der Waals surface area contributed by atoms with E-state index in [2.05, 4.69) is 47.3 Å². The van der Waals surface area contributed by atoms with Crippen molar-refractivity contribution in [3.8, 4) is 17.2 Å². The first-order valence-electron chi connectivity index (χ1n) is 10.3. The van der Waals surface area contributed by atoms with Crippen LogP contribution in [0.25, 0.3) is 28.1 Å². The van der Waals surface area contributed by atoms with Gasteiger partial charge in [-0.3, -0.25) is 0 Å². The Hall–Kier alpha value is -4.24. The summed E-state index contributed by atoms with van der Waals surface area (Å²) in [7, 11) is 0. The molecule has 6 nitrogen and oxygen atoms in total. The van der Waals surface area contributed by atoms with Crippen LogP contribution in [0, 0.1) is 39.0 Å². The quantitative estimate of drug-likeness (QED) is 0.405. The number of para-hydroxylation sites is 1. The number of nitrogen functional groups attached to an aromatic ring is 1. The van der Waals surface area contributed by atoms with Gasteiger partial charge in [0.15, 0.2) is 0 Å². The van der Waals surface area contributed by atoms with Crippen molar-refractivity contribution in [1.29, 1.82) is 5.26 Å². The minimum Gasteiger partial charge on any atom is -0.383 e. The third-order valence-electron chi connectivity index (χ3n) is 5.38. The largest absolute Gasteiger partial charge is 0.383 e. The summed E-state index contributed by atoms with van der Waals surface area (Å²) in [6, 6.07) is 14.2. The van der Waals surface area contributed by atoms with Gasteiger partial charge in [0.05, 0.1) is 11.6 Å². The summed E-state index contributed by atoms with van der Waals surface area (Å²) in [5.41, 5.74) is 14.5. The highest BCUT2D eigenvalue weighted by Gasteiger charge is 2.15. The molecule has 0 atom stereocenters. The number of hydrogen-bond donors (Lipinski definition) is 2. The molecule has 4 rings (SSSR count). The lowest BCUT2D eigenvalue weighted by Crippen LogP contribution is -2.05. The lowest BCUT2D eigenvalue weighted by atomic mass is 9.92. The van der Waals surface area contributed by atoms with Gasteiger partial charge in [-0.25, -0.2) is 9.97 Å². The van der Waals surface area contributed by atoms with Gasteiger partial charge >= 0.3 is 0 Å². The van der Waals surface area contributed by atoms with E-state index in [0.29, 0.717) is 17.6 Å². The number of anilines is 3. The monoisotopic (exact) mass is 420 g/mol. The van der Waals surface area contributed by atoms with E-state index in [-0.39, 0.29) is 0 Å². The molecule has 158 valence electrons. The number of allylic oxidation sites excluding steroid dienone is 1. The second kappa shape index (κ2) is 8.48. The Kier molecular flexibility index (Phi) is 5.57. The van der Waals surface area contributed by atoms with E-state index >= 15 is 0 Å². The molecule has 3 N–H and O–H groups in total. The van der Waals surface area contributed by atoms with Crippen LogP contribution in [-0.4, -0.2) is 15.0 Å². The molecular formula is C26H24N6. The third kappa shape index (κ3) is 4.01. The predicted molar refractivity (Wildman–Crippen MR) is 131 cm³/mol. The van der Waals surface area contributed by atoms with Crippen LogP contribution in [0.5, 0.6) is 0 Å². The van der Waals surface area contributed by atoms with Crippen molar-refractivity contribution in [3.05, 3.63) is 76.5 Å². The van der Waals surface area contributed by atoms with E-state index in [0.717, 1.165) is 49.8 Å². The first-order chi connectivity index (χ1) is 15.4. The van der Waals surface area contributed by atoms with Gasteiger partial charge in [-0.05, 0) is 73.2 Å². The highest BCUT2D eigenvalue weighted by atomic mass is 15.2. The minimum atomic E-state index is 0.408. The molecule has 0 fully saturated rings. The number of nitrogens with zero attached hydrogens (tertiary/aromatic N) is 4. The Balaban J connectivity index is 1.87. The predicted octanol–water partition coefficient (Wildman–Crippen LogP) is 5.79. The molecule has 0 radical (unpaired) electrons. The molecule has 0 aliphatic rings. The fourth-order valence-electron chi connectivity index (χ4n) is 4.04. The van der Waals surface area contributed by atoms with Crippen LogP contribution < -0.4 is 11.1 Å². The van der Waals surface area contributed by atoms with Crippen LogP contribution in [0.1, 0.15) is 27.8 Å². The molecule has 2 heterocycles. The van der Waals surface area contributed by atoms with Crippen LogP contribution in [0.4, 0.5) is 17.6 Å². The van der Waals surface area contributed by atoms with Crippen molar-refractivity contribution < 1.29 is 0 Å². The van der Waals surface area contributed by atoms with E-state index in [4.69, 9.17) is 16.0 Å². The number of pyridine rings is 1. The number of rotatable bonds is 4. The Labute approximate surface area is 187 Å². The maximum absolute atomic E-state index is 8.83. The number of nitrogens with one attached hydrogen (secondary N) is 1. The first kappa shape index (κ1) is 21.0. The van der Waals surface area contributed by atoms with Crippen molar-refractivity contribution in [1.82, 2.24) is 15.0 Å². The Morgan fingerprint density at radius 2 is 1.75 bits per heavy atom. The fourth-order valence-corrected chi connectivity index (χ4v) is 4.04. The second-order valence-corrected chi connectivity index (χ2v) is 7.93. The molecule has 32 heavy (non-hydrogen) atoms. The molecule has 0 aliphatic heterocycles. The molecular weight excluding hydrogens is 396 g/mol. The van der Waals surface area contributed by atoms with Gasteiger partial charge < -0.3 is 11.1 Å². The summed E-state index contributed by atoms with van der Waals surface area (Å²) >= 11 is 0. The number of aryl methyl sites for hydroxylation is 4. The van der Waals surface area contributed by atoms with Gasteiger partial charge in [-0.2, -0.15) is 10.2 Å². The van der Waals surface area contributed by atoms with Gasteiger partial charge in [-0.15, -0.1) is 0 Å². The summed E-state index contributed by atoms with van der Waals surface area (Å²) in [5.74, 6) is 1.52. The second-order valence-electron chi connectivity index (χ2n) is 7.93. The van der Waals surface area contributed by atoms with E-state index in [1.807, 2.05) is 44.2 Å². The summed E-state index contributed by atoms with van der Waals surface area (Å²) in [5, 5.41) is 12.9. The van der Waals surface area contributed by atoms with Crippen molar-refractivity contribution in [2.45, 2.75) is 27.7 Å². The molecule has 4 aromatic rings. The zero-order chi connectivity index (χ0) is 22.8. The molecule has 2 aromatic carbocycles. The standard InChI is InChI=1S/C26H24N6/c1-15-11-18(4)25(29-14-15)32-26-30-23-20(8-5-9-21(23)24(28)31-26)22-16(2)12-19(7-6-10-27)13-17(22)3/h5-9,11-14H,1-4H3,(H3,28,29,30,31,32)/b7-6+. The lowest BCUT2D eigenvalue weighted by molar-refractivity contribution is 1.16. The third-order valence-corrected chi connectivity index (χ3v) is 5.38. The molecule has 0 unspecified atom stereocenters. The molecule has 0 bridgehead atoms. The Morgan fingerprint density at radius 1 is 1.00 bits per heavy atom. The number of hydrogen-bond acceptors (Lipinski definition) is 6. The topological polar surface area (TPSA) is 101 Å². The minimum absolute atomic E-state index is 0.408. The number of nitrogens with two attached hydrogens (primary N) is 1. The summed E-state index contributed by atoms with van der Waals surface area (Å²) in [6.07, 6.45) is 5.10. The SMILES string of the molecule is Cc1cnc(Nc2nc(N)c3cccc(-c4c(C)cc(/C=C/C#N)cc4C)c3n2)c(C)c1. The van der Waals surface area contributed by atoms with Crippen molar-refractivity contribution in [2.75, 3.05) is 11.1 Å². The molecule has 6 heteroatoms. The summed E-state index contributed by atoms with van der Waals surface area (Å²) in [6.45, 7) is 8.13. The fraction of sp³-hybridized carbons (Fsp3) is 0.154. The van der Waals surface area contributed by atoms with Gasteiger partial charge in [0.1, 0.15) is 11.6 Å². The van der Waals surface area contributed by atoms with Gasteiger partial charge in [0, 0.05) is 23.2 Å². The van der Waals surface area contributed by atoms with Crippen molar-refractivity contribution in [3.63, 3.8) is 0 Å². The lowest BCUT2D eigenvalue weighted by Gasteiger charge is -2.15. The highest BCUT2D eigenvalue weighted by Crippen LogP contribution is 2.35. The van der Waals surface area contributed by atoms with Crippen LogP contribution in [-0.2, 0) is 0 Å². The maximum atomic E-state index is 8.83. The van der Waals surface area contributed by atoms with Gasteiger partial charge in [-0.1, -0.05) is 30.3 Å². The van der Waals surface area contributed by atoms with Crippen LogP contribution in [0.2, 0.25) is 0 Å². The molecule has 0 saturated carbocycles. The smallest absolute Gasteiger partial charge is 0.230 e. The van der Waals surface area contributed by atoms with Crippen LogP contribution in [0.3, 0.4) is 0 Å². The van der Waals surface area contributed by atoms with E-state index in [1.54, 1.807) is 6.20 Å². The normalized spacial score (nSPS) is 11.1. The van der Waals surface area contributed by atoms with Gasteiger partial charge in [0.2, 0.25) is 5.95 Å². The average Bonchev–Trinajstić information content (AvgIpc) is 2.74. The molecule has 0 saturated heterocycles. The summed E-state index contributed by atoms with van der Waals surface area (Å²) < 4.78 is 0. The summed E-state index contributed by atoms with van der Waals surface area (Å²) in [4.78, 5) is 13.8. The van der Waals surface area contributed by atoms with E-state index in [1.165, 1.54) is 6.08 Å². The number of benzene rings is 2. The zero-order valence-corrected chi connectivity index (χ0v) is 18.6. The Bertz CT molecular complexity index is 1390. The molecule has 0 amide bonds. The van der Waals surface area contributed by atoms with Crippen molar-refractivity contribution >= 4 is 34.6 Å². The van der Waals surface area contributed by atoms with Crippen molar-refractivity contribution in [2.24, 2.45) is 0 Å². The number of fused-ring (bicyclic) bond motifs is 1. The maximum Gasteiger partial charge on any atom is 0.230 e. The zero-order valence-electron chi connectivity index (χ0n) is 18.6.